The monoisotopic (exact) mass is 319 g/mol. The van der Waals surface area contributed by atoms with Crippen molar-refractivity contribution < 1.29 is 26.3 Å². The van der Waals surface area contributed by atoms with E-state index in [1.807, 2.05) is 41.2 Å². The number of aromatic nitrogens is 1. The Morgan fingerprint density at radius 1 is 1.00 bits per heavy atom. The summed E-state index contributed by atoms with van der Waals surface area (Å²) in [6.07, 6.45) is 4.35. The molecule has 19 heavy (non-hydrogen) atoms. The van der Waals surface area contributed by atoms with Crippen LogP contribution in [0.4, 0.5) is 0 Å². The lowest BCUT2D eigenvalue weighted by molar-refractivity contribution is -0.684. The van der Waals surface area contributed by atoms with Gasteiger partial charge in [-0.05, 0) is 30.5 Å². The van der Waals surface area contributed by atoms with E-state index in [1.54, 1.807) is 0 Å². The van der Waals surface area contributed by atoms with Gasteiger partial charge in [-0.3, -0.25) is 4.79 Å². The fourth-order valence-electron chi connectivity index (χ4n) is 2.12. The summed E-state index contributed by atoms with van der Waals surface area (Å²) in [5.74, 6) is 0.239. The number of nitrogens with zero attached hydrogens (tertiary/aromatic N) is 1. The number of ketones is 1. The molecule has 0 atom stereocenters. The quantitative estimate of drug-likeness (QED) is 0.690. The van der Waals surface area contributed by atoms with E-state index in [0.717, 1.165) is 0 Å². The summed E-state index contributed by atoms with van der Waals surface area (Å²) in [5, 5.41) is 0. The zero-order valence-corrected chi connectivity index (χ0v) is 12.9. The summed E-state index contributed by atoms with van der Waals surface area (Å²) in [4.78, 5) is 12.1. The molecule has 2 rings (SSSR count). The minimum atomic E-state index is 0. The van der Waals surface area contributed by atoms with Crippen molar-refractivity contribution in [2.75, 3.05) is 0 Å². The van der Waals surface area contributed by atoms with Crippen LogP contribution in [0.1, 0.15) is 16.7 Å². The van der Waals surface area contributed by atoms with Gasteiger partial charge in [-0.1, -0.05) is 24.3 Å². The summed E-state index contributed by atoms with van der Waals surface area (Å²) in [6.45, 7) is 4.56. The molecule has 1 aromatic carbocycles. The van der Waals surface area contributed by atoms with E-state index >= 15 is 0 Å². The molecular formula is C16H18BrNO. The Morgan fingerprint density at radius 2 is 1.58 bits per heavy atom. The highest BCUT2D eigenvalue weighted by Gasteiger charge is 2.12. The minimum Gasteiger partial charge on any atom is -1.00 e. The molecule has 0 saturated heterocycles. The van der Waals surface area contributed by atoms with Crippen LogP contribution < -0.4 is 21.5 Å². The number of hydrogen-bond donors (Lipinski definition) is 0. The zero-order valence-electron chi connectivity index (χ0n) is 11.3. The Morgan fingerprint density at radius 3 is 2.16 bits per heavy atom. The summed E-state index contributed by atoms with van der Waals surface area (Å²) >= 11 is 0. The van der Waals surface area contributed by atoms with Crippen molar-refractivity contribution >= 4 is 5.78 Å². The van der Waals surface area contributed by atoms with Crippen molar-refractivity contribution in [1.29, 1.82) is 0 Å². The Hall–Kier alpha value is -1.48. The molecule has 0 bridgehead atoms. The molecule has 0 saturated carbocycles. The molecule has 3 heteroatoms. The van der Waals surface area contributed by atoms with Gasteiger partial charge in [-0.15, -0.1) is 0 Å². The molecule has 2 aromatic rings. The predicted molar refractivity (Wildman–Crippen MR) is 71.3 cm³/mol. The number of benzene rings is 1. The molecule has 0 N–H and O–H groups in total. The summed E-state index contributed by atoms with van der Waals surface area (Å²) in [6, 6.07) is 12.0. The average molecular weight is 320 g/mol. The predicted octanol–water partition coefficient (Wildman–Crippen LogP) is -0.593. The van der Waals surface area contributed by atoms with E-state index in [0.29, 0.717) is 13.0 Å². The molecule has 0 aliphatic carbocycles. The second-order valence-corrected chi connectivity index (χ2v) is 4.63. The molecular weight excluding hydrogens is 302 g/mol. The third-order valence-corrected chi connectivity index (χ3v) is 3.15. The Balaban J connectivity index is 0.00000180. The van der Waals surface area contributed by atoms with E-state index in [4.69, 9.17) is 0 Å². The summed E-state index contributed by atoms with van der Waals surface area (Å²) in [5.41, 5.74) is 3.56. The number of Topliss-reactive ketones (excluding diaryl/α,β-unsaturated/α-hetero) is 1. The number of halogens is 1. The first kappa shape index (κ1) is 15.6. The van der Waals surface area contributed by atoms with Gasteiger partial charge in [0.05, 0.1) is 0 Å². The highest BCUT2D eigenvalue weighted by atomic mass is 79.9. The van der Waals surface area contributed by atoms with Gasteiger partial charge in [-0.2, -0.15) is 4.57 Å². The van der Waals surface area contributed by atoms with Crippen LogP contribution in [0.5, 0.6) is 0 Å². The van der Waals surface area contributed by atoms with Crippen LogP contribution in [-0.2, 0) is 17.8 Å². The van der Waals surface area contributed by atoms with E-state index in [9.17, 15) is 4.79 Å². The van der Waals surface area contributed by atoms with Crippen LogP contribution in [0.15, 0.2) is 48.8 Å². The van der Waals surface area contributed by atoms with Gasteiger partial charge >= 0.3 is 0 Å². The Bertz CT molecular complexity index is 532. The molecule has 2 nitrogen and oxygen atoms in total. The number of pyridine rings is 1. The third-order valence-electron chi connectivity index (χ3n) is 3.15. The van der Waals surface area contributed by atoms with Crippen molar-refractivity contribution in [1.82, 2.24) is 0 Å². The van der Waals surface area contributed by atoms with Gasteiger partial charge in [-0.25, -0.2) is 0 Å². The van der Waals surface area contributed by atoms with Crippen molar-refractivity contribution in [2.45, 2.75) is 26.8 Å². The Labute approximate surface area is 124 Å². The average Bonchev–Trinajstić information content (AvgIpc) is 2.35. The molecule has 1 aromatic heterocycles. The van der Waals surface area contributed by atoms with Crippen LogP contribution in [0.3, 0.4) is 0 Å². The number of hydrogen-bond acceptors (Lipinski definition) is 1. The van der Waals surface area contributed by atoms with Crippen LogP contribution in [-0.4, -0.2) is 5.78 Å². The number of rotatable bonds is 4. The van der Waals surface area contributed by atoms with E-state index in [-0.39, 0.29) is 22.8 Å². The van der Waals surface area contributed by atoms with Crippen molar-refractivity contribution in [2.24, 2.45) is 0 Å². The normalized spacial score (nSPS) is 9.79. The number of carbonyl (C=O) groups excluding carboxylic acids is 1. The van der Waals surface area contributed by atoms with Crippen molar-refractivity contribution in [3.8, 4) is 0 Å². The molecule has 0 aliphatic rings. The van der Waals surface area contributed by atoms with Crippen molar-refractivity contribution in [3.63, 3.8) is 0 Å². The first-order chi connectivity index (χ1) is 8.66. The number of aryl methyl sites for hydroxylation is 2. The molecule has 1 heterocycles. The summed E-state index contributed by atoms with van der Waals surface area (Å²) < 4.78 is 1.91. The second kappa shape index (κ2) is 7.19. The van der Waals surface area contributed by atoms with Crippen LogP contribution >= 0.6 is 0 Å². The SMILES string of the molecule is Cc1cccc(C)c1CC(=O)C[n+]1ccccc1.[Br-]. The lowest BCUT2D eigenvalue weighted by Gasteiger charge is -2.07. The molecule has 0 unspecified atom stereocenters. The van der Waals surface area contributed by atoms with Gasteiger partial charge in [0, 0.05) is 18.6 Å². The van der Waals surface area contributed by atoms with Gasteiger partial charge in [0.15, 0.2) is 12.4 Å². The standard InChI is InChI=1S/C16H18NO.BrH/c1-13-7-6-8-14(2)16(13)11-15(18)12-17-9-4-3-5-10-17;/h3-10H,11-12H2,1-2H3;1H/q+1;/p-1. The molecule has 0 spiro atoms. The zero-order chi connectivity index (χ0) is 13.0. The van der Waals surface area contributed by atoms with E-state index < -0.39 is 0 Å². The van der Waals surface area contributed by atoms with Gasteiger partial charge in [0.1, 0.15) is 0 Å². The minimum absolute atomic E-state index is 0. The van der Waals surface area contributed by atoms with Crippen molar-refractivity contribution in [3.05, 3.63) is 65.5 Å². The summed E-state index contributed by atoms with van der Waals surface area (Å²) in [7, 11) is 0. The Kier molecular flexibility index (Phi) is 5.90. The topological polar surface area (TPSA) is 20.9 Å². The molecule has 0 amide bonds. The fourth-order valence-corrected chi connectivity index (χ4v) is 2.12. The highest BCUT2D eigenvalue weighted by molar-refractivity contribution is 5.80. The van der Waals surface area contributed by atoms with Crippen LogP contribution in [0, 0.1) is 13.8 Å². The van der Waals surface area contributed by atoms with E-state index in [1.165, 1.54) is 16.7 Å². The lowest BCUT2D eigenvalue weighted by Crippen LogP contribution is -3.00. The van der Waals surface area contributed by atoms with Crippen LogP contribution in [0.2, 0.25) is 0 Å². The molecule has 0 aliphatic heterocycles. The first-order valence-corrected chi connectivity index (χ1v) is 6.17. The highest BCUT2D eigenvalue weighted by Crippen LogP contribution is 2.14. The first-order valence-electron chi connectivity index (χ1n) is 6.17. The van der Waals surface area contributed by atoms with Gasteiger partial charge in [0.25, 0.3) is 0 Å². The molecule has 0 fully saturated rings. The smallest absolute Gasteiger partial charge is 0.206 e. The second-order valence-electron chi connectivity index (χ2n) is 4.63. The van der Waals surface area contributed by atoms with E-state index in [2.05, 4.69) is 26.0 Å². The van der Waals surface area contributed by atoms with Gasteiger partial charge < -0.3 is 17.0 Å². The largest absolute Gasteiger partial charge is 1.00 e. The maximum Gasteiger partial charge on any atom is 0.206 e. The van der Waals surface area contributed by atoms with Crippen LogP contribution in [0.25, 0.3) is 0 Å². The lowest BCUT2D eigenvalue weighted by atomic mass is 9.98. The number of carbonyl (C=O) groups is 1. The maximum atomic E-state index is 12.1. The third kappa shape index (κ3) is 4.28. The molecule has 100 valence electrons. The van der Waals surface area contributed by atoms with Gasteiger partial charge in [0.2, 0.25) is 12.3 Å². The fraction of sp³-hybridized carbons (Fsp3) is 0.250. The maximum absolute atomic E-state index is 12.1. The molecule has 0 radical (unpaired) electrons.